The van der Waals surface area contributed by atoms with Gasteiger partial charge in [0.1, 0.15) is 0 Å². The molecule has 0 saturated heterocycles. The quantitative estimate of drug-likeness (QED) is 0.469. The van der Waals surface area contributed by atoms with E-state index >= 15 is 0 Å². The highest BCUT2D eigenvalue weighted by Crippen LogP contribution is 2.62. The molecule has 4 nitrogen and oxygen atoms in total. The lowest BCUT2D eigenvalue weighted by Crippen LogP contribution is -2.75. The molecule has 0 saturated carbocycles. The largest absolute Gasteiger partial charge is 0.478 e. The number of carboxylic acids is 2. The standard InChI is InChI=1S/C9H2F14O4/c10-3(1(24)25,2(26)27)4(11,12)5(13,14)6(15,16)7(17,18)8(19,20)9(21,22)23/h(H,24,25)(H,26,27). The molecular formula is C9H2F14O4. The average Bonchev–Trinajstić information content (AvgIpc) is 2.43. The van der Waals surface area contributed by atoms with Gasteiger partial charge in [0, 0.05) is 0 Å². The summed E-state index contributed by atoms with van der Waals surface area (Å²) in [7, 11) is 0. The molecule has 0 aromatic carbocycles. The molecule has 0 unspecified atom stereocenters. The fourth-order valence-corrected chi connectivity index (χ4v) is 1.35. The first kappa shape index (κ1) is 25.0. The van der Waals surface area contributed by atoms with Crippen LogP contribution in [-0.2, 0) is 9.59 Å². The van der Waals surface area contributed by atoms with Crippen molar-refractivity contribution in [3.63, 3.8) is 0 Å². The lowest BCUT2D eigenvalue weighted by Gasteiger charge is -2.41. The van der Waals surface area contributed by atoms with Crippen molar-refractivity contribution in [1.82, 2.24) is 0 Å². The van der Waals surface area contributed by atoms with Crippen LogP contribution < -0.4 is 0 Å². The van der Waals surface area contributed by atoms with Crippen LogP contribution in [0.1, 0.15) is 0 Å². The lowest BCUT2D eigenvalue weighted by molar-refractivity contribution is -0.444. The summed E-state index contributed by atoms with van der Waals surface area (Å²) in [6, 6.07) is 0. The molecule has 160 valence electrons. The van der Waals surface area contributed by atoms with Crippen molar-refractivity contribution in [2.45, 2.75) is 41.5 Å². The molecular weight excluding hydrogens is 438 g/mol. The summed E-state index contributed by atoms with van der Waals surface area (Å²) in [5.74, 6) is -49.7. The molecule has 0 aromatic heterocycles. The number of carboxylic acid groups (broad SMARTS) is 2. The summed E-state index contributed by atoms with van der Waals surface area (Å²) in [5, 5.41) is 15.9. The molecule has 0 spiro atoms. The molecule has 0 aliphatic heterocycles. The number of carbonyl (C=O) groups is 2. The number of aliphatic carboxylic acids is 2. The van der Waals surface area contributed by atoms with Gasteiger partial charge in [-0.2, -0.15) is 57.1 Å². The van der Waals surface area contributed by atoms with Crippen LogP contribution in [0.2, 0.25) is 0 Å². The SMILES string of the molecule is O=C(O)C(F)(C(=O)O)C(F)(F)C(F)(F)C(F)(F)C(F)(F)C(F)(F)C(F)(F)F. The summed E-state index contributed by atoms with van der Waals surface area (Å²) >= 11 is 0. The molecule has 27 heavy (non-hydrogen) atoms. The molecule has 0 rings (SSSR count). The molecule has 0 aliphatic rings. The normalized spacial score (nSPS) is 15.6. The molecule has 0 heterocycles. The second-order valence-electron chi connectivity index (χ2n) is 4.64. The number of hydrogen-bond donors (Lipinski definition) is 2. The van der Waals surface area contributed by atoms with Gasteiger partial charge in [0.25, 0.3) is 0 Å². The number of halogens is 14. The van der Waals surface area contributed by atoms with Gasteiger partial charge in [-0.3, -0.25) is 0 Å². The van der Waals surface area contributed by atoms with E-state index in [0.717, 1.165) is 0 Å². The molecule has 0 radical (unpaired) electrons. The van der Waals surface area contributed by atoms with E-state index in [0.29, 0.717) is 0 Å². The third-order valence-corrected chi connectivity index (χ3v) is 2.96. The molecule has 0 aliphatic carbocycles. The van der Waals surface area contributed by atoms with Crippen LogP contribution in [0.25, 0.3) is 0 Å². The van der Waals surface area contributed by atoms with Gasteiger partial charge in [0.05, 0.1) is 0 Å². The number of alkyl halides is 14. The Hall–Kier alpha value is -2.04. The zero-order valence-electron chi connectivity index (χ0n) is 11.5. The maximum atomic E-state index is 13.3. The van der Waals surface area contributed by atoms with E-state index in [1.807, 2.05) is 0 Å². The van der Waals surface area contributed by atoms with Crippen LogP contribution in [0.3, 0.4) is 0 Å². The van der Waals surface area contributed by atoms with Crippen LogP contribution in [0, 0.1) is 0 Å². The minimum Gasteiger partial charge on any atom is -0.478 e. The van der Waals surface area contributed by atoms with Gasteiger partial charge in [-0.1, -0.05) is 0 Å². The smallest absolute Gasteiger partial charge is 0.460 e. The highest BCUT2D eigenvalue weighted by molar-refractivity contribution is 6.03. The van der Waals surface area contributed by atoms with E-state index in [1.165, 1.54) is 0 Å². The molecule has 0 atom stereocenters. The zero-order chi connectivity index (χ0) is 22.7. The molecule has 0 bridgehead atoms. The van der Waals surface area contributed by atoms with E-state index in [-0.39, 0.29) is 0 Å². The van der Waals surface area contributed by atoms with Crippen molar-refractivity contribution in [2.75, 3.05) is 0 Å². The molecule has 18 heteroatoms. The second kappa shape index (κ2) is 5.98. The minimum atomic E-state index is -8.51. The Kier molecular flexibility index (Phi) is 5.53. The van der Waals surface area contributed by atoms with Gasteiger partial charge < -0.3 is 10.2 Å². The summed E-state index contributed by atoms with van der Waals surface area (Å²) < 4.78 is 178. The molecule has 0 fully saturated rings. The Bertz CT molecular complexity index is 607. The van der Waals surface area contributed by atoms with E-state index in [9.17, 15) is 71.1 Å². The molecule has 0 aromatic rings. The Balaban J connectivity index is 6.82. The van der Waals surface area contributed by atoms with Crippen molar-refractivity contribution < 1.29 is 81.3 Å². The second-order valence-corrected chi connectivity index (χ2v) is 4.64. The highest BCUT2D eigenvalue weighted by atomic mass is 19.4. The van der Waals surface area contributed by atoms with Crippen LogP contribution in [0.5, 0.6) is 0 Å². The van der Waals surface area contributed by atoms with Crippen molar-refractivity contribution in [2.24, 2.45) is 0 Å². The number of hydrogen-bond acceptors (Lipinski definition) is 2. The van der Waals surface area contributed by atoms with Gasteiger partial charge in [0.2, 0.25) is 0 Å². The fraction of sp³-hybridized carbons (Fsp3) is 0.778. The van der Waals surface area contributed by atoms with E-state index < -0.39 is 53.4 Å². The van der Waals surface area contributed by atoms with E-state index in [1.54, 1.807) is 0 Å². The summed E-state index contributed by atoms with van der Waals surface area (Å²) in [4.78, 5) is 20.3. The molecule has 0 amide bonds. The Labute approximate surface area is 136 Å². The van der Waals surface area contributed by atoms with Crippen molar-refractivity contribution in [1.29, 1.82) is 0 Å². The van der Waals surface area contributed by atoms with Gasteiger partial charge >= 0.3 is 53.4 Å². The first-order valence-corrected chi connectivity index (χ1v) is 5.50. The summed E-state index contributed by atoms with van der Waals surface area (Å²) in [6.07, 6.45) is -7.72. The van der Waals surface area contributed by atoms with Crippen molar-refractivity contribution in [3.8, 4) is 0 Å². The van der Waals surface area contributed by atoms with Crippen molar-refractivity contribution in [3.05, 3.63) is 0 Å². The van der Waals surface area contributed by atoms with Crippen LogP contribution >= 0.6 is 0 Å². The monoisotopic (exact) mass is 440 g/mol. The average molecular weight is 440 g/mol. The van der Waals surface area contributed by atoms with Crippen LogP contribution in [0.15, 0.2) is 0 Å². The van der Waals surface area contributed by atoms with Crippen molar-refractivity contribution >= 4 is 11.9 Å². The first-order chi connectivity index (χ1) is 11.4. The zero-order valence-corrected chi connectivity index (χ0v) is 11.5. The topological polar surface area (TPSA) is 74.6 Å². The third kappa shape index (κ3) is 2.82. The maximum absolute atomic E-state index is 13.3. The van der Waals surface area contributed by atoms with Gasteiger partial charge in [-0.25, -0.2) is 14.0 Å². The predicted molar refractivity (Wildman–Crippen MR) is 49.9 cm³/mol. The third-order valence-electron chi connectivity index (χ3n) is 2.96. The minimum absolute atomic E-state index is 4.18. The summed E-state index contributed by atoms with van der Waals surface area (Å²) in [6.45, 7) is 0. The Morgan fingerprint density at radius 1 is 0.444 bits per heavy atom. The maximum Gasteiger partial charge on any atom is 0.460 e. The summed E-state index contributed by atoms with van der Waals surface area (Å²) in [5.41, 5.74) is -6.83. The molecule has 2 N–H and O–H groups in total. The van der Waals surface area contributed by atoms with E-state index in [4.69, 9.17) is 10.2 Å². The fourth-order valence-electron chi connectivity index (χ4n) is 1.35. The van der Waals surface area contributed by atoms with Gasteiger partial charge in [-0.15, -0.1) is 0 Å². The van der Waals surface area contributed by atoms with Crippen LogP contribution in [0.4, 0.5) is 61.5 Å². The predicted octanol–water partition coefficient (Wildman–Crippen LogP) is 3.60. The van der Waals surface area contributed by atoms with Crippen LogP contribution in [-0.4, -0.2) is 63.6 Å². The lowest BCUT2D eigenvalue weighted by atomic mass is 9.85. The first-order valence-electron chi connectivity index (χ1n) is 5.50. The Morgan fingerprint density at radius 3 is 0.889 bits per heavy atom. The van der Waals surface area contributed by atoms with E-state index in [2.05, 4.69) is 0 Å². The number of rotatable bonds is 7. The Morgan fingerprint density at radius 2 is 0.667 bits per heavy atom. The highest BCUT2D eigenvalue weighted by Gasteiger charge is 2.94. The van der Waals surface area contributed by atoms with Gasteiger partial charge in [-0.05, 0) is 0 Å². The van der Waals surface area contributed by atoms with Gasteiger partial charge in [0.15, 0.2) is 0 Å².